The van der Waals surface area contributed by atoms with E-state index in [0.717, 1.165) is 28.9 Å². The molecule has 0 spiro atoms. The molecule has 0 unspecified atom stereocenters. The van der Waals surface area contributed by atoms with Crippen molar-refractivity contribution in [2.24, 2.45) is 5.73 Å². The van der Waals surface area contributed by atoms with E-state index in [1.54, 1.807) is 6.20 Å². The molecule has 0 aliphatic carbocycles. The highest BCUT2D eigenvalue weighted by Crippen LogP contribution is 2.27. The van der Waals surface area contributed by atoms with Crippen LogP contribution in [0.4, 0.5) is 0 Å². The van der Waals surface area contributed by atoms with Crippen LogP contribution in [0, 0.1) is 0 Å². The number of benzene rings is 1. The average molecular weight is 305 g/mol. The van der Waals surface area contributed by atoms with Gasteiger partial charge in [-0.1, -0.05) is 36.4 Å². The minimum absolute atomic E-state index is 0.559. The summed E-state index contributed by atoms with van der Waals surface area (Å²) >= 11 is 0. The highest BCUT2D eigenvalue weighted by atomic mass is 16.5. The largest absolute Gasteiger partial charge is 0.478 e. The van der Waals surface area contributed by atoms with E-state index in [-0.39, 0.29) is 0 Å². The Morgan fingerprint density at radius 3 is 2.43 bits per heavy atom. The summed E-state index contributed by atoms with van der Waals surface area (Å²) in [5.74, 6) is 0.598. The number of nitrogens with two attached hydrogens (primary N) is 1. The molecule has 0 fully saturated rings. The van der Waals surface area contributed by atoms with Gasteiger partial charge >= 0.3 is 0 Å². The second-order valence-electron chi connectivity index (χ2n) is 5.15. The molecular formula is C19H19N3O. The van der Waals surface area contributed by atoms with E-state index in [1.807, 2.05) is 48.5 Å². The molecule has 0 radical (unpaired) electrons. The van der Waals surface area contributed by atoms with Crippen LogP contribution in [0.5, 0.6) is 5.88 Å². The predicted molar refractivity (Wildman–Crippen MR) is 92.1 cm³/mol. The van der Waals surface area contributed by atoms with Gasteiger partial charge in [0.25, 0.3) is 0 Å². The van der Waals surface area contributed by atoms with Gasteiger partial charge in [0.1, 0.15) is 0 Å². The van der Waals surface area contributed by atoms with Gasteiger partial charge in [0, 0.05) is 12.3 Å². The molecular weight excluding hydrogens is 286 g/mol. The molecule has 0 aliphatic heterocycles. The fourth-order valence-electron chi connectivity index (χ4n) is 2.28. The van der Waals surface area contributed by atoms with E-state index in [1.165, 1.54) is 0 Å². The van der Waals surface area contributed by atoms with Gasteiger partial charge in [0.2, 0.25) is 5.88 Å². The number of rotatable bonds is 6. The molecule has 2 heterocycles. The number of aromatic nitrogens is 2. The standard InChI is InChI=1S/C19H19N3O/c20-10-6-12-23-19-14-16(15-7-2-1-3-8-15)13-18(22-19)17-9-4-5-11-21-17/h1-5,7-9,11,13-14H,6,10,12,20H2. The molecule has 0 saturated carbocycles. The first-order chi connectivity index (χ1) is 11.4. The van der Waals surface area contributed by atoms with Crippen LogP contribution in [-0.4, -0.2) is 23.1 Å². The highest BCUT2D eigenvalue weighted by Gasteiger charge is 2.08. The Labute approximate surface area is 136 Å². The number of hydrogen-bond acceptors (Lipinski definition) is 4. The molecule has 2 N–H and O–H groups in total. The van der Waals surface area contributed by atoms with Crippen LogP contribution in [0.15, 0.2) is 66.9 Å². The van der Waals surface area contributed by atoms with E-state index < -0.39 is 0 Å². The summed E-state index contributed by atoms with van der Waals surface area (Å²) in [4.78, 5) is 8.96. The number of hydrogen-bond donors (Lipinski definition) is 1. The molecule has 0 saturated heterocycles. The summed E-state index contributed by atoms with van der Waals surface area (Å²) in [6.45, 7) is 1.16. The average Bonchev–Trinajstić information content (AvgIpc) is 2.63. The lowest BCUT2D eigenvalue weighted by molar-refractivity contribution is 0.302. The molecule has 4 heteroatoms. The van der Waals surface area contributed by atoms with Crippen LogP contribution >= 0.6 is 0 Å². The Kier molecular flexibility index (Phi) is 4.96. The number of nitrogens with zero attached hydrogens (tertiary/aromatic N) is 2. The van der Waals surface area contributed by atoms with E-state index in [9.17, 15) is 0 Å². The summed E-state index contributed by atoms with van der Waals surface area (Å²) in [5.41, 5.74) is 9.33. The smallest absolute Gasteiger partial charge is 0.214 e. The lowest BCUT2D eigenvalue weighted by Crippen LogP contribution is -2.07. The van der Waals surface area contributed by atoms with Gasteiger partial charge in [0.05, 0.1) is 18.0 Å². The molecule has 0 bridgehead atoms. The summed E-state index contributed by atoms with van der Waals surface area (Å²) in [6.07, 6.45) is 2.57. The molecule has 0 amide bonds. The van der Waals surface area contributed by atoms with E-state index in [4.69, 9.17) is 10.5 Å². The maximum absolute atomic E-state index is 5.75. The Balaban J connectivity index is 2.00. The van der Waals surface area contributed by atoms with Crippen molar-refractivity contribution < 1.29 is 4.74 Å². The third kappa shape index (κ3) is 3.93. The first-order valence-electron chi connectivity index (χ1n) is 7.68. The monoisotopic (exact) mass is 305 g/mol. The fourth-order valence-corrected chi connectivity index (χ4v) is 2.28. The Morgan fingerprint density at radius 2 is 1.70 bits per heavy atom. The van der Waals surface area contributed by atoms with Crippen LogP contribution in [-0.2, 0) is 0 Å². The van der Waals surface area contributed by atoms with Crippen molar-refractivity contribution in [3.63, 3.8) is 0 Å². The Morgan fingerprint density at radius 1 is 0.870 bits per heavy atom. The highest BCUT2D eigenvalue weighted by molar-refractivity contribution is 5.70. The number of pyridine rings is 2. The Bertz CT molecular complexity index is 687. The minimum atomic E-state index is 0.559. The van der Waals surface area contributed by atoms with E-state index in [0.29, 0.717) is 19.0 Å². The lowest BCUT2D eigenvalue weighted by Gasteiger charge is -2.10. The molecule has 1 aromatic carbocycles. The zero-order valence-corrected chi connectivity index (χ0v) is 12.9. The van der Waals surface area contributed by atoms with Crippen molar-refractivity contribution in [3.8, 4) is 28.4 Å². The van der Waals surface area contributed by atoms with Gasteiger partial charge in [-0.25, -0.2) is 4.98 Å². The molecule has 116 valence electrons. The van der Waals surface area contributed by atoms with E-state index >= 15 is 0 Å². The van der Waals surface area contributed by atoms with Crippen molar-refractivity contribution in [1.82, 2.24) is 9.97 Å². The normalized spacial score (nSPS) is 10.5. The topological polar surface area (TPSA) is 61.0 Å². The maximum Gasteiger partial charge on any atom is 0.214 e. The lowest BCUT2D eigenvalue weighted by atomic mass is 10.1. The van der Waals surface area contributed by atoms with Crippen molar-refractivity contribution in [3.05, 3.63) is 66.9 Å². The summed E-state index contributed by atoms with van der Waals surface area (Å²) in [7, 11) is 0. The van der Waals surface area contributed by atoms with Crippen molar-refractivity contribution in [1.29, 1.82) is 0 Å². The number of ether oxygens (including phenoxy) is 1. The van der Waals surface area contributed by atoms with Crippen LogP contribution < -0.4 is 10.5 Å². The predicted octanol–water partition coefficient (Wildman–Crippen LogP) is 3.54. The maximum atomic E-state index is 5.75. The van der Waals surface area contributed by atoms with Gasteiger partial charge in [0.15, 0.2) is 0 Å². The third-order valence-corrected chi connectivity index (χ3v) is 3.43. The van der Waals surface area contributed by atoms with Crippen LogP contribution in [0.3, 0.4) is 0 Å². The third-order valence-electron chi connectivity index (χ3n) is 3.43. The first kappa shape index (κ1) is 15.2. The molecule has 0 atom stereocenters. The van der Waals surface area contributed by atoms with Gasteiger partial charge in [-0.2, -0.15) is 0 Å². The van der Waals surface area contributed by atoms with Crippen molar-refractivity contribution >= 4 is 0 Å². The van der Waals surface area contributed by atoms with Gasteiger partial charge < -0.3 is 10.5 Å². The molecule has 23 heavy (non-hydrogen) atoms. The Hall–Kier alpha value is -2.72. The molecule has 3 aromatic rings. The summed E-state index contributed by atoms with van der Waals surface area (Å²) in [6, 6.07) is 20.0. The molecule has 4 nitrogen and oxygen atoms in total. The van der Waals surface area contributed by atoms with Crippen LogP contribution in [0.2, 0.25) is 0 Å². The van der Waals surface area contributed by atoms with Crippen LogP contribution in [0.25, 0.3) is 22.5 Å². The van der Waals surface area contributed by atoms with Gasteiger partial charge in [-0.15, -0.1) is 0 Å². The zero-order valence-electron chi connectivity index (χ0n) is 12.9. The summed E-state index contributed by atoms with van der Waals surface area (Å²) in [5, 5.41) is 0. The summed E-state index contributed by atoms with van der Waals surface area (Å²) < 4.78 is 5.75. The minimum Gasteiger partial charge on any atom is -0.478 e. The second kappa shape index (κ2) is 7.51. The van der Waals surface area contributed by atoms with Crippen molar-refractivity contribution in [2.45, 2.75) is 6.42 Å². The SMILES string of the molecule is NCCCOc1cc(-c2ccccc2)cc(-c2ccccn2)n1. The molecule has 3 rings (SSSR count). The van der Waals surface area contributed by atoms with Crippen molar-refractivity contribution in [2.75, 3.05) is 13.2 Å². The first-order valence-corrected chi connectivity index (χ1v) is 7.68. The molecule has 2 aromatic heterocycles. The second-order valence-corrected chi connectivity index (χ2v) is 5.15. The van der Waals surface area contributed by atoms with Crippen LogP contribution in [0.1, 0.15) is 6.42 Å². The quantitative estimate of drug-likeness (QED) is 0.708. The zero-order chi connectivity index (χ0) is 15.9. The van der Waals surface area contributed by atoms with E-state index in [2.05, 4.69) is 22.1 Å². The molecule has 0 aliphatic rings. The fraction of sp³-hybridized carbons (Fsp3) is 0.158. The van der Waals surface area contributed by atoms with Gasteiger partial charge in [-0.3, -0.25) is 4.98 Å². The van der Waals surface area contributed by atoms with Gasteiger partial charge in [-0.05, 0) is 42.3 Å².